The topological polar surface area (TPSA) is 51.2 Å². The standard InChI is InChI=1S/C21H26ClNO4/c1-25-20-10-3-15(11-21(20)26-2)12-23(17-6-7-17)13-18(24)14-27-19-8-4-16(22)5-9-19/h3-5,8-11,17-18,24H,6-7,12-14H2,1-2H3/t18-/m0/s1. The van der Waals surface area contributed by atoms with E-state index in [2.05, 4.69) is 4.90 Å². The van der Waals surface area contributed by atoms with Crippen LogP contribution in [0, 0.1) is 0 Å². The lowest BCUT2D eigenvalue weighted by Crippen LogP contribution is -2.36. The first-order chi connectivity index (χ1) is 13.1. The van der Waals surface area contributed by atoms with Gasteiger partial charge in [-0.1, -0.05) is 17.7 Å². The molecule has 3 rings (SSSR count). The van der Waals surface area contributed by atoms with Gasteiger partial charge >= 0.3 is 0 Å². The Balaban J connectivity index is 1.56. The van der Waals surface area contributed by atoms with Gasteiger partial charge in [0.05, 0.1) is 14.2 Å². The van der Waals surface area contributed by atoms with Crippen molar-refractivity contribution < 1.29 is 19.3 Å². The fourth-order valence-corrected chi connectivity index (χ4v) is 3.17. The molecular formula is C21H26ClNO4. The summed E-state index contributed by atoms with van der Waals surface area (Å²) < 4.78 is 16.4. The van der Waals surface area contributed by atoms with Gasteiger partial charge in [0.2, 0.25) is 0 Å². The Morgan fingerprint density at radius 1 is 1.07 bits per heavy atom. The molecule has 0 aromatic heterocycles. The van der Waals surface area contributed by atoms with Gasteiger partial charge in [0, 0.05) is 24.2 Å². The Labute approximate surface area is 165 Å². The number of rotatable bonds is 10. The molecule has 0 unspecified atom stereocenters. The van der Waals surface area contributed by atoms with Crippen LogP contribution in [0.2, 0.25) is 5.02 Å². The molecule has 1 aliphatic rings. The van der Waals surface area contributed by atoms with Gasteiger partial charge in [0.1, 0.15) is 18.5 Å². The number of halogens is 1. The molecule has 1 N–H and O–H groups in total. The zero-order valence-corrected chi connectivity index (χ0v) is 16.5. The second kappa shape index (κ2) is 9.31. The number of benzene rings is 2. The average Bonchev–Trinajstić information content (AvgIpc) is 3.52. The van der Waals surface area contributed by atoms with E-state index in [0.29, 0.717) is 23.4 Å². The monoisotopic (exact) mass is 391 g/mol. The number of aliphatic hydroxyl groups excluding tert-OH is 1. The normalized spacial score (nSPS) is 14.9. The van der Waals surface area contributed by atoms with Crippen molar-refractivity contribution in [3.05, 3.63) is 53.1 Å². The Morgan fingerprint density at radius 3 is 2.41 bits per heavy atom. The molecule has 0 spiro atoms. The summed E-state index contributed by atoms with van der Waals surface area (Å²) in [5.74, 6) is 2.14. The fourth-order valence-electron chi connectivity index (χ4n) is 3.04. The van der Waals surface area contributed by atoms with Crippen molar-refractivity contribution in [1.82, 2.24) is 4.90 Å². The summed E-state index contributed by atoms with van der Waals surface area (Å²) in [4.78, 5) is 2.30. The van der Waals surface area contributed by atoms with Gasteiger partial charge in [-0.2, -0.15) is 0 Å². The molecule has 5 nitrogen and oxygen atoms in total. The van der Waals surface area contributed by atoms with E-state index in [1.165, 1.54) is 0 Å². The van der Waals surface area contributed by atoms with Crippen molar-refractivity contribution in [3.8, 4) is 17.2 Å². The summed E-state index contributed by atoms with van der Waals surface area (Å²) in [5, 5.41) is 11.1. The maximum atomic E-state index is 10.4. The lowest BCUT2D eigenvalue weighted by Gasteiger charge is -2.25. The van der Waals surface area contributed by atoms with E-state index in [-0.39, 0.29) is 6.61 Å². The first-order valence-corrected chi connectivity index (χ1v) is 9.48. The predicted octanol–water partition coefficient (Wildman–Crippen LogP) is 3.76. The number of methoxy groups -OCH3 is 2. The second-order valence-electron chi connectivity index (χ2n) is 6.77. The number of ether oxygens (including phenoxy) is 3. The zero-order valence-electron chi connectivity index (χ0n) is 15.7. The van der Waals surface area contributed by atoms with E-state index >= 15 is 0 Å². The van der Waals surface area contributed by atoms with E-state index in [4.69, 9.17) is 25.8 Å². The lowest BCUT2D eigenvalue weighted by atomic mass is 10.1. The molecule has 6 heteroatoms. The van der Waals surface area contributed by atoms with Crippen molar-refractivity contribution in [2.45, 2.75) is 31.5 Å². The third-order valence-electron chi connectivity index (χ3n) is 4.60. The number of hydrogen-bond donors (Lipinski definition) is 1. The first-order valence-electron chi connectivity index (χ1n) is 9.10. The van der Waals surface area contributed by atoms with Crippen LogP contribution in [0.4, 0.5) is 0 Å². The Hall–Kier alpha value is -1.95. The van der Waals surface area contributed by atoms with Crippen molar-refractivity contribution in [1.29, 1.82) is 0 Å². The van der Waals surface area contributed by atoms with Crippen LogP contribution in [0.3, 0.4) is 0 Å². The Morgan fingerprint density at radius 2 is 1.78 bits per heavy atom. The molecular weight excluding hydrogens is 366 g/mol. The number of nitrogens with zero attached hydrogens (tertiary/aromatic N) is 1. The van der Waals surface area contributed by atoms with Gasteiger partial charge in [-0.3, -0.25) is 4.90 Å². The average molecular weight is 392 g/mol. The van der Waals surface area contributed by atoms with Gasteiger partial charge < -0.3 is 19.3 Å². The summed E-state index contributed by atoms with van der Waals surface area (Å²) in [6.45, 7) is 1.56. The van der Waals surface area contributed by atoms with Crippen LogP contribution in [0.25, 0.3) is 0 Å². The van der Waals surface area contributed by atoms with E-state index in [9.17, 15) is 5.11 Å². The molecule has 27 heavy (non-hydrogen) atoms. The molecule has 0 heterocycles. The minimum absolute atomic E-state index is 0.247. The third-order valence-corrected chi connectivity index (χ3v) is 4.85. The molecule has 1 atom stereocenters. The molecule has 0 bridgehead atoms. The second-order valence-corrected chi connectivity index (χ2v) is 7.21. The maximum Gasteiger partial charge on any atom is 0.161 e. The van der Waals surface area contributed by atoms with Crippen LogP contribution < -0.4 is 14.2 Å². The van der Waals surface area contributed by atoms with Crippen LogP contribution in [0.5, 0.6) is 17.2 Å². The van der Waals surface area contributed by atoms with Crippen molar-refractivity contribution in [2.24, 2.45) is 0 Å². The van der Waals surface area contributed by atoms with Crippen molar-refractivity contribution in [3.63, 3.8) is 0 Å². The molecule has 1 fully saturated rings. The molecule has 0 amide bonds. The summed E-state index contributed by atoms with van der Waals surface area (Å²) in [5.41, 5.74) is 1.13. The van der Waals surface area contributed by atoms with Crippen LogP contribution in [0.15, 0.2) is 42.5 Å². The highest BCUT2D eigenvalue weighted by molar-refractivity contribution is 6.30. The van der Waals surface area contributed by atoms with E-state index in [0.717, 1.165) is 36.4 Å². The summed E-state index contributed by atoms with van der Waals surface area (Å²) in [6, 6.07) is 13.6. The van der Waals surface area contributed by atoms with Crippen LogP contribution in [-0.4, -0.2) is 49.5 Å². The van der Waals surface area contributed by atoms with Crippen molar-refractivity contribution >= 4 is 11.6 Å². The van der Waals surface area contributed by atoms with Gasteiger partial charge in [0.15, 0.2) is 11.5 Å². The largest absolute Gasteiger partial charge is 0.493 e. The molecule has 0 saturated heterocycles. The minimum atomic E-state index is -0.568. The summed E-state index contributed by atoms with van der Waals surface area (Å²) in [7, 11) is 3.27. The highest BCUT2D eigenvalue weighted by Crippen LogP contribution is 2.31. The SMILES string of the molecule is COc1ccc(CN(C[C@H](O)COc2ccc(Cl)cc2)C2CC2)cc1OC. The Kier molecular flexibility index (Phi) is 6.83. The molecule has 2 aromatic rings. The quantitative estimate of drug-likeness (QED) is 0.668. The van der Waals surface area contributed by atoms with Crippen LogP contribution in [-0.2, 0) is 6.54 Å². The number of aliphatic hydroxyl groups is 1. The fraction of sp³-hybridized carbons (Fsp3) is 0.429. The highest BCUT2D eigenvalue weighted by atomic mass is 35.5. The summed E-state index contributed by atoms with van der Waals surface area (Å²) in [6.07, 6.45) is 1.76. The van der Waals surface area contributed by atoms with Gasteiger partial charge in [0.25, 0.3) is 0 Å². The van der Waals surface area contributed by atoms with E-state index in [1.54, 1.807) is 38.5 Å². The predicted molar refractivity (Wildman–Crippen MR) is 106 cm³/mol. The van der Waals surface area contributed by atoms with E-state index in [1.807, 2.05) is 18.2 Å². The third kappa shape index (κ3) is 5.76. The maximum absolute atomic E-state index is 10.4. The van der Waals surface area contributed by atoms with Gasteiger partial charge in [-0.15, -0.1) is 0 Å². The molecule has 2 aromatic carbocycles. The Bertz CT molecular complexity index is 733. The van der Waals surface area contributed by atoms with Gasteiger partial charge in [-0.25, -0.2) is 0 Å². The van der Waals surface area contributed by atoms with Crippen LogP contribution >= 0.6 is 11.6 Å². The molecule has 0 radical (unpaired) electrons. The molecule has 1 saturated carbocycles. The molecule has 0 aliphatic heterocycles. The first kappa shape index (κ1) is 19.8. The smallest absolute Gasteiger partial charge is 0.161 e. The molecule has 1 aliphatic carbocycles. The highest BCUT2D eigenvalue weighted by Gasteiger charge is 2.30. The zero-order chi connectivity index (χ0) is 19.2. The lowest BCUT2D eigenvalue weighted by molar-refractivity contribution is 0.0626. The minimum Gasteiger partial charge on any atom is -0.493 e. The molecule has 146 valence electrons. The van der Waals surface area contributed by atoms with Crippen LogP contribution in [0.1, 0.15) is 18.4 Å². The van der Waals surface area contributed by atoms with Gasteiger partial charge in [-0.05, 0) is 54.8 Å². The van der Waals surface area contributed by atoms with Crippen molar-refractivity contribution in [2.75, 3.05) is 27.4 Å². The van der Waals surface area contributed by atoms with E-state index < -0.39 is 6.10 Å². The number of hydrogen-bond acceptors (Lipinski definition) is 5. The summed E-state index contributed by atoms with van der Waals surface area (Å²) >= 11 is 5.87.